The van der Waals surface area contributed by atoms with Gasteiger partial charge < -0.3 is 30.5 Å². The summed E-state index contributed by atoms with van der Waals surface area (Å²) < 4.78 is 32.7. The summed E-state index contributed by atoms with van der Waals surface area (Å²) in [5, 5.41) is 8.43. The fraction of sp³-hybridized carbons (Fsp3) is 0.640. The Bertz CT molecular complexity index is 986. The number of hydrogen-bond donors (Lipinski definition) is 3. The second-order valence-corrected chi connectivity index (χ2v) is 10.6. The highest BCUT2D eigenvalue weighted by atomic mass is 19.2. The Balaban J connectivity index is 1.85. The molecule has 36 heavy (non-hydrogen) atoms. The van der Waals surface area contributed by atoms with Gasteiger partial charge in [-0.2, -0.15) is 0 Å². The topological polar surface area (TPSA) is 103 Å². The minimum atomic E-state index is -1.01. The highest BCUT2D eigenvalue weighted by Gasteiger charge is 2.53. The number of likely N-dealkylation sites (tertiary alicyclic amines) is 2. The Kier molecular flexibility index (Phi) is 8.43. The molecule has 4 amide bonds. The second-order valence-electron chi connectivity index (χ2n) is 10.6. The number of hydrogen-bond acceptors (Lipinski definition) is 5. The van der Waals surface area contributed by atoms with E-state index in [1.165, 1.54) is 6.07 Å². The number of halogens is 2. The highest BCUT2D eigenvalue weighted by Crippen LogP contribution is 2.37. The summed E-state index contributed by atoms with van der Waals surface area (Å²) in [5.74, 6) is -2.58. The van der Waals surface area contributed by atoms with E-state index >= 15 is 0 Å². The van der Waals surface area contributed by atoms with Gasteiger partial charge in [0, 0.05) is 32.1 Å². The third-order valence-corrected chi connectivity index (χ3v) is 7.07. The van der Waals surface area contributed by atoms with Crippen LogP contribution >= 0.6 is 0 Å². The van der Waals surface area contributed by atoms with Gasteiger partial charge in [-0.05, 0) is 37.9 Å². The summed E-state index contributed by atoms with van der Waals surface area (Å²) in [7, 11) is 3.22. The zero-order valence-electron chi connectivity index (χ0n) is 21.7. The second kappa shape index (κ2) is 11.0. The minimum Gasteiger partial charge on any atom is -0.493 e. The molecule has 2 saturated heterocycles. The molecular formula is C25H37F2N5O4. The summed E-state index contributed by atoms with van der Waals surface area (Å²) in [5.41, 5.74) is -0.561. The van der Waals surface area contributed by atoms with Gasteiger partial charge in [-0.15, -0.1) is 0 Å². The fourth-order valence-electron chi connectivity index (χ4n) is 4.97. The molecular weight excluding hydrogens is 472 g/mol. The summed E-state index contributed by atoms with van der Waals surface area (Å²) >= 11 is 0. The van der Waals surface area contributed by atoms with Crippen molar-refractivity contribution in [2.45, 2.75) is 58.3 Å². The average Bonchev–Trinajstić information content (AvgIpc) is 3.42. The van der Waals surface area contributed by atoms with E-state index in [2.05, 4.69) is 16.0 Å². The van der Waals surface area contributed by atoms with Crippen LogP contribution in [-0.4, -0.2) is 85.6 Å². The number of nitrogens with zero attached hydrogens (tertiary/aromatic N) is 2. The van der Waals surface area contributed by atoms with Crippen molar-refractivity contribution in [3.05, 3.63) is 29.8 Å². The number of fused-ring (bicyclic) bond motifs is 1. The summed E-state index contributed by atoms with van der Waals surface area (Å²) in [6.07, 6.45) is 0.587. The lowest BCUT2D eigenvalue weighted by atomic mass is 9.85. The number of benzene rings is 1. The van der Waals surface area contributed by atoms with Crippen LogP contribution in [0.25, 0.3) is 0 Å². The maximum absolute atomic E-state index is 13.9. The number of rotatable bonds is 7. The van der Waals surface area contributed by atoms with Crippen LogP contribution in [0.5, 0.6) is 5.75 Å². The molecule has 200 valence electrons. The standard InChI is InChI=1S/C25H37F2N5O4/c1-14(28-5)22(33)30-21(25(2,3)4)23(34)31-10-9-19-20(31)15(12-32(19)24(35)29-6)13-36-16-7-8-17(26)18(27)11-16/h7-8,11,14-15,19-21,28H,9-10,12-13H2,1-6H3,(H,29,35)(H,30,33)/t14-,15+,19+,20+,21+/m0/s1. The molecule has 5 atom stereocenters. The first kappa shape index (κ1) is 27.6. The Morgan fingerprint density at radius 3 is 2.42 bits per heavy atom. The molecule has 3 rings (SSSR count). The van der Waals surface area contributed by atoms with Crippen LogP contribution in [0.15, 0.2) is 18.2 Å². The van der Waals surface area contributed by atoms with Crippen LogP contribution in [0.3, 0.4) is 0 Å². The number of amides is 4. The Labute approximate surface area is 210 Å². The van der Waals surface area contributed by atoms with Crippen molar-refractivity contribution in [1.82, 2.24) is 25.8 Å². The Morgan fingerprint density at radius 1 is 1.14 bits per heavy atom. The molecule has 2 aliphatic rings. The molecule has 3 N–H and O–H groups in total. The zero-order valence-corrected chi connectivity index (χ0v) is 21.7. The Hall–Kier alpha value is -2.95. The van der Waals surface area contributed by atoms with E-state index in [1.807, 2.05) is 20.8 Å². The van der Waals surface area contributed by atoms with E-state index in [4.69, 9.17) is 4.74 Å². The average molecular weight is 510 g/mol. The lowest BCUT2D eigenvalue weighted by Gasteiger charge is -2.37. The number of carbonyl (C=O) groups excluding carboxylic acids is 3. The predicted molar refractivity (Wildman–Crippen MR) is 130 cm³/mol. The highest BCUT2D eigenvalue weighted by molar-refractivity contribution is 5.90. The van der Waals surface area contributed by atoms with Gasteiger partial charge in [0.1, 0.15) is 11.8 Å². The van der Waals surface area contributed by atoms with Gasteiger partial charge >= 0.3 is 6.03 Å². The van der Waals surface area contributed by atoms with Crippen molar-refractivity contribution in [1.29, 1.82) is 0 Å². The van der Waals surface area contributed by atoms with Gasteiger partial charge in [0.05, 0.1) is 24.7 Å². The maximum Gasteiger partial charge on any atom is 0.317 e. The first-order chi connectivity index (χ1) is 16.9. The van der Waals surface area contributed by atoms with Crippen molar-refractivity contribution in [3.63, 3.8) is 0 Å². The van der Waals surface area contributed by atoms with Crippen molar-refractivity contribution in [3.8, 4) is 5.75 Å². The van der Waals surface area contributed by atoms with E-state index in [9.17, 15) is 23.2 Å². The fourth-order valence-corrected chi connectivity index (χ4v) is 4.97. The number of nitrogens with one attached hydrogen (secondary N) is 3. The van der Waals surface area contributed by atoms with Crippen molar-refractivity contribution in [2.75, 3.05) is 33.8 Å². The van der Waals surface area contributed by atoms with Gasteiger partial charge in [0.2, 0.25) is 11.8 Å². The van der Waals surface area contributed by atoms with Crippen molar-refractivity contribution < 1.29 is 27.9 Å². The largest absolute Gasteiger partial charge is 0.493 e. The van der Waals surface area contributed by atoms with E-state index in [-0.39, 0.29) is 48.2 Å². The predicted octanol–water partition coefficient (Wildman–Crippen LogP) is 1.72. The van der Waals surface area contributed by atoms with Crippen molar-refractivity contribution in [2.24, 2.45) is 11.3 Å². The molecule has 2 fully saturated rings. The number of carbonyl (C=O) groups is 3. The van der Waals surface area contributed by atoms with Crippen LogP contribution in [0.2, 0.25) is 0 Å². The third-order valence-electron chi connectivity index (χ3n) is 7.07. The molecule has 2 heterocycles. The van der Waals surface area contributed by atoms with Gasteiger partial charge in [0.25, 0.3) is 0 Å². The third kappa shape index (κ3) is 5.71. The molecule has 11 heteroatoms. The monoisotopic (exact) mass is 509 g/mol. The lowest BCUT2D eigenvalue weighted by Crippen LogP contribution is -2.59. The number of urea groups is 1. The molecule has 0 unspecified atom stereocenters. The summed E-state index contributed by atoms with van der Waals surface area (Å²) in [4.78, 5) is 42.6. The molecule has 1 aromatic rings. The molecule has 0 saturated carbocycles. The van der Waals surface area contributed by atoms with E-state index in [0.717, 1.165) is 12.1 Å². The summed E-state index contributed by atoms with van der Waals surface area (Å²) in [6.45, 7) is 8.26. The lowest BCUT2D eigenvalue weighted by molar-refractivity contribution is -0.141. The van der Waals surface area contributed by atoms with E-state index in [0.29, 0.717) is 19.5 Å². The first-order valence-electron chi connectivity index (χ1n) is 12.2. The van der Waals surface area contributed by atoms with Crippen LogP contribution in [0, 0.1) is 23.0 Å². The quantitative estimate of drug-likeness (QED) is 0.520. The zero-order chi connectivity index (χ0) is 26.8. The normalized spacial score (nSPS) is 23.2. The first-order valence-corrected chi connectivity index (χ1v) is 12.2. The van der Waals surface area contributed by atoms with E-state index in [1.54, 1.807) is 30.8 Å². The SMILES string of the molecule is CNC(=O)N1C[C@H](COc2ccc(F)c(F)c2)[C@@H]2[C@H]1CCN2C(=O)[C@@H](NC(=O)[C@H](C)NC)C(C)(C)C. The molecule has 0 bridgehead atoms. The molecule has 9 nitrogen and oxygen atoms in total. The maximum atomic E-state index is 13.9. The van der Waals surface area contributed by atoms with Crippen LogP contribution < -0.4 is 20.7 Å². The van der Waals surface area contributed by atoms with Crippen LogP contribution in [-0.2, 0) is 9.59 Å². The molecule has 0 aromatic heterocycles. The van der Waals surface area contributed by atoms with Gasteiger partial charge in [-0.1, -0.05) is 20.8 Å². The molecule has 0 spiro atoms. The molecule has 2 aliphatic heterocycles. The van der Waals surface area contributed by atoms with Crippen LogP contribution in [0.1, 0.15) is 34.1 Å². The molecule has 0 radical (unpaired) electrons. The number of likely N-dealkylation sites (N-methyl/N-ethyl adjacent to an activating group) is 1. The van der Waals surface area contributed by atoms with Gasteiger partial charge in [-0.25, -0.2) is 13.6 Å². The summed E-state index contributed by atoms with van der Waals surface area (Å²) in [6, 6.07) is 1.24. The minimum absolute atomic E-state index is 0.104. The Morgan fingerprint density at radius 2 is 1.83 bits per heavy atom. The van der Waals surface area contributed by atoms with Crippen molar-refractivity contribution >= 4 is 17.8 Å². The number of ether oxygens (including phenoxy) is 1. The van der Waals surface area contributed by atoms with Gasteiger partial charge in [-0.3, -0.25) is 9.59 Å². The van der Waals surface area contributed by atoms with E-state index < -0.39 is 29.1 Å². The smallest absolute Gasteiger partial charge is 0.317 e. The van der Waals surface area contributed by atoms with Crippen LogP contribution in [0.4, 0.5) is 13.6 Å². The molecule has 1 aromatic carbocycles. The van der Waals surface area contributed by atoms with Gasteiger partial charge in [0.15, 0.2) is 11.6 Å². The molecule has 0 aliphatic carbocycles.